The fourth-order valence-corrected chi connectivity index (χ4v) is 3.62. The second-order valence-electron chi connectivity index (χ2n) is 8.93. The first-order chi connectivity index (χ1) is 12.9. The Labute approximate surface area is 165 Å². The highest BCUT2D eigenvalue weighted by molar-refractivity contribution is 5.87. The van der Waals surface area contributed by atoms with Crippen LogP contribution in [0.3, 0.4) is 0 Å². The Balaban J connectivity index is 2.00. The van der Waals surface area contributed by atoms with Gasteiger partial charge in [0.25, 0.3) is 11.5 Å². The molecule has 0 spiro atoms. The third kappa shape index (κ3) is 5.90. The van der Waals surface area contributed by atoms with Gasteiger partial charge in [0, 0.05) is 18.0 Å². The lowest BCUT2D eigenvalue weighted by Gasteiger charge is -2.33. The second-order valence-corrected chi connectivity index (χ2v) is 8.93. The Morgan fingerprint density at radius 3 is 2.32 bits per heavy atom. The maximum absolute atomic E-state index is 12.2. The average Bonchev–Trinajstić information content (AvgIpc) is 2.55. The van der Waals surface area contributed by atoms with E-state index >= 15 is 0 Å². The lowest BCUT2D eigenvalue weighted by Crippen LogP contribution is -2.47. The molecule has 1 heterocycles. The van der Waals surface area contributed by atoms with Crippen LogP contribution in [-0.4, -0.2) is 33.8 Å². The molecule has 7 nitrogen and oxygen atoms in total. The van der Waals surface area contributed by atoms with Crippen LogP contribution in [-0.2, 0) is 27.8 Å². The minimum Gasteiger partial charge on any atom is -0.455 e. The van der Waals surface area contributed by atoms with E-state index in [1.54, 1.807) is 24.3 Å². The molecule has 7 heteroatoms. The zero-order chi connectivity index (χ0) is 21.1. The predicted molar refractivity (Wildman–Crippen MR) is 108 cm³/mol. The first-order valence-corrected chi connectivity index (χ1v) is 9.29. The van der Waals surface area contributed by atoms with Crippen molar-refractivity contribution >= 4 is 22.6 Å². The fourth-order valence-electron chi connectivity index (χ4n) is 3.62. The van der Waals surface area contributed by atoms with Gasteiger partial charge in [0.2, 0.25) is 0 Å². The molecule has 2 rings (SSSR count). The van der Waals surface area contributed by atoms with Gasteiger partial charge >= 0.3 is 5.97 Å². The molecular formula is C21H29N3O4. The molecule has 152 valence electrons. The van der Waals surface area contributed by atoms with Crippen molar-refractivity contribution in [2.45, 2.75) is 53.0 Å². The average molecular weight is 387 g/mol. The number of hydrogen-bond acceptors (Lipinski definition) is 5. The summed E-state index contributed by atoms with van der Waals surface area (Å²) < 4.78 is 6.33. The Bertz CT molecular complexity index is 939. The van der Waals surface area contributed by atoms with Gasteiger partial charge < -0.3 is 10.1 Å². The molecule has 0 aliphatic carbocycles. The third-order valence-electron chi connectivity index (χ3n) is 4.16. The van der Waals surface area contributed by atoms with Gasteiger partial charge in [-0.1, -0.05) is 39.0 Å². The molecule has 1 aromatic heterocycles. The first kappa shape index (κ1) is 21.6. The normalized spacial score (nSPS) is 12.1. The van der Waals surface area contributed by atoms with Crippen LogP contribution in [0.1, 0.15) is 46.7 Å². The topological polar surface area (TPSA) is 90.3 Å². The predicted octanol–water partition coefficient (Wildman–Crippen LogP) is 2.35. The molecule has 1 N–H and O–H groups in total. The van der Waals surface area contributed by atoms with Gasteiger partial charge in [0.05, 0.1) is 17.5 Å². The molecule has 0 radical (unpaired) electrons. The van der Waals surface area contributed by atoms with E-state index in [1.807, 2.05) is 13.8 Å². The highest BCUT2D eigenvalue weighted by Gasteiger charge is 2.27. The van der Waals surface area contributed by atoms with Crippen molar-refractivity contribution in [2.24, 2.45) is 12.5 Å². The zero-order valence-corrected chi connectivity index (χ0v) is 17.5. The molecule has 0 saturated heterocycles. The van der Waals surface area contributed by atoms with E-state index in [2.05, 4.69) is 31.2 Å². The second kappa shape index (κ2) is 8.12. The number of fused-ring (bicyclic) bond motifs is 1. The number of hydrogen-bond donors (Lipinski definition) is 1. The van der Waals surface area contributed by atoms with Crippen LogP contribution >= 0.6 is 0 Å². The Morgan fingerprint density at radius 2 is 1.71 bits per heavy atom. The van der Waals surface area contributed by atoms with E-state index in [9.17, 15) is 14.4 Å². The van der Waals surface area contributed by atoms with Crippen molar-refractivity contribution < 1.29 is 14.3 Å². The molecular weight excluding hydrogens is 358 g/mol. The Morgan fingerprint density at radius 1 is 1.11 bits per heavy atom. The summed E-state index contributed by atoms with van der Waals surface area (Å²) >= 11 is 0. The van der Waals surface area contributed by atoms with Crippen molar-refractivity contribution in [3.63, 3.8) is 0 Å². The van der Waals surface area contributed by atoms with Crippen LogP contribution < -0.4 is 10.9 Å². The van der Waals surface area contributed by atoms with Gasteiger partial charge in [-0.25, -0.2) is 4.68 Å². The number of benzene rings is 1. The maximum atomic E-state index is 12.2. The maximum Gasteiger partial charge on any atom is 0.312 e. The van der Waals surface area contributed by atoms with Crippen LogP contribution in [0.15, 0.2) is 29.1 Å². The van der Waals surface area contributed by atoms with Gasteiger partial charge in [0.1, 0.15) is 0 Å². The number of esters is 1. The zero-order valence-electron chi connectivity index (χ0n) is 17.5. The van der Waals surface area contributed by atoms with E-state index in [4.69, 9.17) is 4.74 Å². The Kier molecular flexibility index (Phi) is 6.27. The number of nitrogens with zero attached hydrogens (tertiary/aromatic N) is 2. The highest BCUT2D eigenvalue weighted by Crippen LogP contribution is 2.26. The van der Waals surface area contributed by atoms with Crippen molar-refractivity contribution in [2.75, 3.05) is 6.61 Å². The molecule has 0 bridgehead atoms. The molecule has 28 heavy (non-hydrogen) atoms. The van der Waals surface area contributed by atoms with E-state index in [-0.39, 0.29) is 29.9 Å². The molecule has 1 aromatic carbocycles. The summed E-state index contributed by atoms with van der Waals surface area (Å²) in [5.74, 6) is -0.916. The lowest BCUT2D eigenvalue weighted by atomic mass is 9.82. The summed E-state index contributed by atoms with van der Waals surface area (Å²) in [6.07, 6.45) is 0.668. The van der Waals surface area contributed by atoms with Gasteiger partial charge in [-0.05, 0) is 31.7 Å². The summed E-state index contributed by atoms with van der Waals surface area (Å²) in [7, 11) is 1.54. The van der Waals surface area contributed by atoms with E-state index in [1.165, 1.54) is 11.7 Å². The van der Waals surface area contributed by atoms with Crippen molar-refractivity contribution in [3.05, 3.63) is 40.3 Å². The van der Waals surface area contributed by atoms with E-state index < -0.39 is 11.5 Å². The number of aromatic nitrogens is 2. The summed E-state index contributed by atoms with van der Waals surface area (Å²) in [6.45, 7) is 9.84. The van der Waals surface area contributed by atoms with Crippen LogP contribution in [0.2, 0.25) is 0 Å². The van der Waals surface area contributed by atoms with Crippen LogP contribution in [0.4, 0.5) is 0 Å². The SMILES string of the molecule is Cn1nc(CC(=O)OCC(=O)NC(C)(C)CC(C)(C)C)c2ccccc2c1=O. The minimum absolute atomic E-state index is 0.0590. The number of nitrogens with one attached hydrogen (secondary N) is 1. The summed E-state index contributed by atoms with van der Waals surface area (Å²) in [6, 6.07) is 6.98. The van der Waals surface area contributed by atoms with Gasteiger partial charge in [-0.3, -0.25) is 14.4 Å². The molecule has 0 unspecified atom stereocenters. The minimum atomic E-state index is -0.569. The number of ether oxygens (including phenoxy) is 1. The number of carbonyl (C=O) groups excluding carboxylic acids is 2. The van der Waals surface area contributed by atoms with Gasteiger partial charge in [-0.15, -0.1) is 0 Å². The molecule has 0 atom stereocenters. The van der Waals surface area contributed by atoms with Crippen molar-refractivity contribution in [1.82, 2.24) is 15.1 Å². The fraction of sp³-hybridized carbons (Fsp3) is 0.524. The van der Waals surface area contributed by atoms with Crippen LogP contribution in [0, 0.1) is 5.41 Å². The Hall–Kier alpha value is -2.70. The molecule has 0 saturated carbocycles. The van der Waals surface area contributed by atoms with Crippen molar-refractivity contribution in [1.29, 1.82) is 0 Å². The van der Waals surface area contributed by atoms with Gasteiger partial charge in [-0.2, -0.15) is 5.10 Å². The number of rotatable bonds is 6. The standard InChI is InChI=1S/C21H29N3O4/c1-20(2,3)13-21(4,5)22-17(25)12-28-18(26)11-16-14-9-7-8-10-15(14)19(27)24(6)23-16/h7-10H,11-13H2,1-6H3,(H,22,25). The first-order valence-electron chi connectivity index (χ1n) is 9.29. The molecule has 0 aliphatic heterocycles. The summed E-state index contributed by atoms with van der Waals surface area (Å²) in [5.41, 5.74) is -0.134. The van der Waals surface area contributed by atoms with E-state index in [0.29, 0.717) is 16.5 Å². The van der Waals surface area contributed by atoms with Crippen LogP contribution in [0.5, 0.6) is 0 Å². The number of amides is 1. The molecule has 1 amide bonds. The summed E-state index contributed by atoms with van der Waals surface area (Å²) in [4.78, 5) is 36.5. The van der Waals surface area contributed by atoms with E-state index in [0.717, 1.165) is 6.42 Å². The number of carbonyl (C=O) groups is 2. The van der Waals surface area contributed by atoms with Crippen molar-refractivity contribution in [3.8, 4) is 0 Å². The largest absolute Gasteiger partial charge is 0.455 e. The quantitative estimate of drug-likeness (QED) is 0.769. The molecule has 0 fully saturated rings. The summed E-state index contributed by atoms with van der Waals surface area (Å²) in [5, 5.41) is 8.17. The highest BCUT2D eigenvalue weighted by atomic mass is 16.5. The molecule has 0 aliphatic rings. The monoisotopic (exact) mass is 387 g/mol. The van der Waals surface area contributed by atoms with Gasteiger partial charge in [0.15, 0.2) is 6.61 Å². The molecule has 2 aromatic rings. The van der Waals surface area contributed by atoms with Crippen LogP contribution in [0.25, 0.3) is 10.8 Å². The number of aryl methyl sites for hydroxylation is 1. The third-order valence-corrected chi connectivity index (χ3v) is 4.16. The lowest BCUT2D eigenvalue weighted by molar-refractivity contribution is -0.148. The smallest absolute Gasteiger partial charge is 0.312 e.